The van der Waals surface area contributed by atoms with Gasteiger partial charge in [0, 0.05) is 17.6 Å². The number of carbonyl (C=O) groups is 1. The number of hydrogen-bond acceptors (Lipinski definition) is 2. The van der Waals surface area contributed by atoms with Crippen LogP contribution in [0.2, 0.25) is 5.02 Å². The van der Waals surface area contributed by atoms with Crippen molar-refractivity contribution in [2.24, 2.45) is 7.05 Å². The van der Waals surface area contributed by atoms with E-state index in [9.17, 15) is 4.79 Å². The fraction of sp³-hybridized carbons (Fsp3) is 0.0667. The Hall–Kier alpha value is -1.91. The van der Waals surface area contributed by atoms with E-state index in [1.54, 1.807) is 28.8 Å². The Kier molecular flexibility index (Phi) is 3.20. The first-order valence-electron chi connectivity index (χ1n) is 6.06. The maximum atomic E-state index is 12.6. The molecule has 0 bridgehead atoms. The molecule has 0 atom stereocenters. The van der Waals surface area contributed by atoms with E-state index in [-0.39, 0.29) is 5.91 Å². The highest BCUT2D eigenvalue weighted by molar-refractivity contribution is 7.71. The zero-order chi connectivity index (χ0) is 14.3. The Morgan fingerprint density at radius 2 is 1.65 bits per heavy atom. The van der Waals surface area contributed by atoms with Crippen molar-refractivity contribution in [1.29, 1.82) is 0 Å². The van der Waals surface area contributed by atoms with Crippen LogP contribution < -0.4 is 0 Å². The molecule has 20 heavy (non-hydrogen) atoms. The van der Waals surface area contributed by atoms with Gasteiger partial charge in [-0.1, -0.05) is 23.7 Å². The van der Waals surface area contributed by atoms with Crippen molar-refractivity contribution in [3.05, 3.63) is 63.9 Å². The summed E-state index contributed by atoms with van der Waals surface area (Å²) in [5.41, 5.74) is 2.29. The largest absolute Gasteiger partial charge is 0.319 e. The number of aryl methyl sites for hydroxylation is 1. The van der Waals surface area contributed by atoms with Crippen LogP contribution in [0.5, 0.6) is 0 Å². The van der Waals surface area contributed by atoms with Crippen molar-refractivity contribution in [2.45, 2.75) is 0 Å². The van der Waals surface area contributed by atoms with Crippen LogP contribution in [0.15, 0.2) is 48.5 Å². The van der Waals surface area contributed by atoms with E-state index in [0.29, 0.717) is 15.4 Å². The Morgan fingerprint density at radius 3 is 2.30 bits per heavy atom. The van der Waals surface area contributed by atoms with E-state index in [4.69, 9.17) is 23.8 Å². The highest BCUT2D eigenvalue weighted by Crippen LogP contribution is 2.19. The van der Waals surface area contributed by atoms with Crippen molar-refractivity contribution in [2.75, 3.05) is 0 Å². The zero-order valence-electron chi connectivity index (χ0n) is 10.7. The summed E-state index contributed by atoms with van der Waals surface area (Å²) in [6.07, 6.45) is 0. The Morgan fingerprint density at radius 1 is 1.05 bits per heavy atom. The molecule has 3 rings (SSSR count). The predicted octanol–water partition coefficient (Wildman–Crippen LogP) is 4.05. The molecule has 0 radical (unpaired) electrons. The van der Waals surface area contributed by atoms with Crippen LogP contribution in [0.1, 0.15) is 10.4 Å². The monoisotopic (exact) mass is 302 g/mol. The molecule has 0 fully saturated rings. The summed E-state index contributed by atoms with van der Waals surface area (Å²) in [6, 6.07) is 14.4. The van der Waals surface area contributed by atoms with Crippen molar-refractivity contribution < 1.29 is 4.79 Å². The average Bonchev–Trinajstić information content (AvgIpc) is 2.72. The van der Waals surface area contributed by atoms with Crippen LogP contribution in [0.4, 0.5) is 0 Å². The van der Waals surface area contributed by atoms with Gasteiger partial charge in [0.05, 0.1) is 11.0 Å². The molecule has 0 spiro atoms. The summed E-state index contributed by atoms with van der Waals surface area (Å²) in [6.45, 7) is 0. The summed E-state index contributed by atoms with van der Waals surface area (Å²) in [7, 11) is 1.86. The summed E-state index contributed by atoms with van der Waals surface area (Å²) in [5.74, 6) is -0.150. The van der Waals surface area contributed by atoms with Gasteiger partial charge in [-0.3, -0.25) is 9.36 Å². The molecule has 0 aliphatic heterocycles. The van der Waals surface area contributed by atoms with Gasteiger partial charge < -0.3 is 4.57 Å². The van der Waals surface area contributed by atoms with Crippen LogP contribution in [-0.2, 0) is 7.05 Å². The Bertz CT molecular complexity index is 862. The molecule has 0 saturated heterocycles. The third kappa shape index (κ3) is 1.97. The van der Waals surface area contributed by atoms with Crippen LogP contribution in [0, 0.1) is 4.77 Å². The van der Waals surface area contributed by atoms with Gasteiger partial charge in [-0.05, 0) is 48.6 Å². The van der Waals surface area contributed by atoms with Crippen molar-refractivity contribution in [1.82, 2.24) is 9.13 Å². The van der Waals surface area contributed by atoms with E-state index >= 15 is 0 Å². The normalized spacial score (nSPS) is 10.9. The maximum Gasteiger partial charge on any atom is 0.264 e. The Balaban J connectivity index is 2.24. The minimum Gasteiger partial charge on any atom is -0.319 e. The van der Waals surface area contributed by atoms with Crippen LogP contribution in [0.25, 0.3) is 11.0 Å². The molecule has 0 aliphatic carbocycles. The molecular weight excluding hydrogens is 292 g/mol. The second-order valence-corrected chi connectivity index (χ2v) is 5.28. The molecule has 0 aliphatic rings. The molecule has 1 heterocycles. The fourth-order valence-electron chi connectivity index (χ4n) is 2.21. The third-order valence-corrected chi connectivity index (χ3v) is 3.96. The second kappa shape index (κ2) is 4.89. The molecule has 0 N–H and O–H groups in total. The molecule has 5 heteroatoms. The number of para-hydroxylation sites is 2. The van der Waals surface area contributed by atoms with E-state index in [1.807, 2.05) is 35.9 Å². The molecular formula is C15H11ClN2OS. The van der Waals surface area contributed by atoms with Gasteiger partial charge in [-0.25, -0.2) is 0 Å². The first kappa shape index (κ1) is 13.1. The predicted molar refractivity (Wildman–Crippen MR) is 82.9 cm³/mol. The SMILES string of the molecule is Cn1c(=S)n(C(=O)c2ccc(Cl)cc2)c2ccccc21. The number of nitrogens with zero attached hydrogens (tertiary/aromatic N) is 2. The van der Waals surface area contributed by atoms with Gasteiger partial charge in [-0.15, -0.1) is 0 Å². The highest BCUT2D eigenvalue weighted by Gasteiger charge is 2.15. The topological polar surface area (TPSA) is 26.9 Å². The van der Waals surface area contributed by atoms with Gasteiger partial charge >= 0.3 is 0 Å². The summed E-state index contributed by atoms with van der Waals surface area (Å²) < 4.78 is 3.86. The van der Waals surface area contributed by atoms with Crippen LogP contribution >= 0.6 is 23.8 Å². The summed E-state index contributed by atoms with van der Waals surface area (Å²) >= 11 is 11.2. The van der Waals surface area contributed by atoms with Gasteiger partial charge in [0.2, 0.25) is 0 Å². The van der Waals surface area contributed by atoms with Crippen molar-refractivity contribution in [3.8, 4) is 0 Å². The van der Waals surface area contributed by atoms with Gasteiger partial charge in [0.1, 0.15) is 0 Å². The average molecular weight is 303 g/mol. The summed E-state index contributed by atoms with van der Waals surface area (Å²) in [4.78, 5) is 12.6. The number of imidazole rings is 1. The number of rotatable bonds is 1. The van der Waals surface area contributed by atoms with Gasteiger partial charge in [0.25, 0.3) is 5.91 Å². The minimum absolute atomic E-state index is 0.150. The second-order valence-electron chi connectivity index (χ2n) is 4.48. The third-order valence-electron chi connectivity index (χ3n) is 3.26. The first-order valence-corrected chi connectivity index (χ1v) is 6.85. The molecule has 100 valence electrons. The Labute approximate surface area is 126 Å². The lowest BCUT2D eigenvalue weighted by atomic mass is 10.2. The van der Waals surface area contributed by atoms with Crippen LogP contribution in [0.3, 0.4) is 0 Å². The minimum atomic E-state index is -0.150. The maximum absolute atomic E-state index is 12.6. The number of halogens is 1. The first-order chi connectivity index (χ1) is 9.59. The van der Waals surface area contributed by atoms with E-state index in [0.717, 1.165) is 11.0 Å². The number of aromatic nitrogens is 2. The number of carbonyl (C=O) groups excluding carboxylic acids is 1. The number of fused-ring (bicyclic) bond motifs is 1. The smallest absolute Gasteiger partial charge is 0.264 e. The fourth-order valence-corrected chi connectivity index (χ4v) is 2.62. The molecule has 1 aromatic heterocycles. The van der Waals surface area contributed by atoms with Gasteiger partial charge in [0.15, 0.2) is 4.77 Å². The molecule has 3 aromatic rings. The van der Waals surface area contributed by atoms with E-state index in [1.165, 1.54) is 0 Å². The lowest BCUT2D eigenvalue weighted by molar-refractivity contribution is 0.0962. The van der Waals surface area contributed by atoms with E-state index < -0.39 is 0 Å². The molecule has 0 amide bonds. The summed E-state index contributed by atoms with van der Waals surface area (Å²) in [5, 5.41) is 0.600. The molecule has 3 nitrogen and oxygen atoms in total. The number of hydrogen-bond donors (Lipinski definition) is 0. The van der Waals surface area contributed by atoms with Gasteiger partial charge in [-0.2, -0.15) is 0 Å². The van der Waals surface area contributed by atoms with Crippen LogP contribution in [-0.4, -0.2) is 15.0 Å². The quantitative estimate of drug-likeness (QED) is 0.634. The molecule has 0 saturated carbocycles. The van der Waals surface area contributed by atoms with Crippen molar-refractivity contribution >= 4 is 40.8 Å². The molecule has 0 unspecified atom stereocenters. The zero-order valence-corrected chi connectivity index (χ0v) is 12.3. The van der Waals surface area contributed by atoms with Crippen molar-refractivity contribution in [3.63, 3.8) is 0 Å². The highest BCUT2D eigenvalue weighted by atomic mass is 35.5. The lowest BCUT2D eigenvalue weighted by Gasteiger charge is -2.03. The molecule has 2 aromatic carbocycles. The number of benzene rings is 2. The van der Waals surface area contributed by atoms with E-state index in [2.05, 4.69) is 0 Å². The lowest BCUT2D eigenvalue weighted by Crippen LogP contribution is -2.12. The standard InChI is InChI=1S/C15H11ClN2OS/c1-17-12-4-2-3-5-13(12)18(15(17)20)14(19)10-6-8-11(16)9-7-10/h2-9H,1H3.